The molecular formula is C48H24FeN8. The second-order valence-corrected chi connectivity index (χ2v) is 14.5. The van der Waals surface area contributed by atoms with Gasteiger partial charge in [-0.25, -0.2) is 9.97 Å². The van der Waals surface area contributed by atoms with Gasteiger partial charge in [-0.3, -0.25) is 0 Å². The Bertz CT molecular complexity index is 3260. The van der Waals surface area contributed by atoms with Crippen LogP contribution in [0.5, 0.6) is 0 Å². The van der Waals surface area contributed by atoms with E-state index in [1.807, 2.05) is 48.5 Å². The van der Waals surface area contributed by atoms with E-state index in [-0.39, 0.29) is 17.1 Å². The molecule has 0 N–H and O–H groups in total. The summed E-state index contributed by atoms with van der Waals surface area (Å²) in [5.41, 5.74) is 5.67. The molecule has 0 aliphatic carbocycles. The van der Waals surface area contributed by atoms with E-state index >= 15 is 0 Å². The van der Waals surface area contributed by atoms with E-state index in [9.17, 15) is 0 Å². The Labute approximate surface area is 333 Å². The molecule has 0 unspecified atom stereocenters. The van der Waals surface area contributed by atoms with Gasteiger partial charge in [-0.1, -0.05) is 97.1 Å². The van der Waals surface area contributed by atoms with Crippen molar-refractivity contribution in [1.82, 2.24) is 39.9 Å². The number of aromatic nitrogens is 8. The number of benzene rings is 8. The zero-order valence-corrected chi connectivity index (χ0v) is 30.9. The van der Waals surface area contributed by atoms with E-state index in [0.29, 0.717) is 45.9 Å². The molecule has 9 heteroatoms. The van der Waals surface area contributed by atoms with Crippen molar-refractivity contribution in [2.45, 2.75) is 0 Å². The second kappa shape index (κ2) is 11.8. The Kier molecular flexibility index (Phi) is 6.64. The third kappa shape index (κ3) is 4.80. The first-order valence-corrected chi connectivity index (χ1v) is 18.5. The molecule has 0 saturated heterocycles. The third-order valence-electron chi connectivity index (χ3n) is 11.2. The zero-order chi connectivity index (χ0) is 36.5. The maximum atomic E-state index is 5.24. The molecule has 0 amide bonds. The molecule has 11 aromatic rings. The number of hydrogen-bond acceptors (Lipinski definition) is 6. The first-order chi connectivity index (χ1) is 27.7. The molecule has 8 aromatic carbocycles. The van der Waals surface area contributed by atoms with Gasteiger partial charge < -0.3 is 29.9 Å². The van der Waals surface area contributed by atoms with Crippen molar-refractivity contribution in [2.24, 2.45) is 0 Å². The Balaban J connectivity index is 0.00000356. The molecule has 0 spiro atoms. The molecule has 13 rings (SSSR count). The predicted octanol–water partition coefficient (Wildman–Crippen LogP) is 10.7. The molecule has 0 saturated carbocycles. The van der Waals surface area contributed by atoms with Crippen molar-refractivity contribution in [2.75, 3.05) is 0 Å². The zero-order valence-electron chi connectivity index (χ0n) is 29.8. The van der Waals surface area contributed by atoms with Crippen LogP contribution in [-0.2, 0) is 17.1 Å². The van der Waals surface area contributed by atoms with E-state index in [1.165, 1.54) is 0 Å². The second-order valence-electron chi connectivity index (χ2n) is 14.5. The maximum absolute atomic E-state index is 5.24. The summed E-state index contributed by atoms with van der Waals surface area (Å²) in [7, 11) is 0. The first-order valence-electron chi connectivity index (χ1n) is 18.5. The fraction of sp³-hybridized carbons (Fsp3) is 0. The van der Waals surface area contributed by atoms with Crippen LogP contribution < -0.4 is 9.97 Å². The number of fused-ring (bicyclic) bond motifs is 24. The number of nitrogens with zero attached hydrogens (tertiary/aromatic N) is 8. The van der Waals surface area contributed by atoms with Crippen LogP contribution >= 0.6 is 0 Å². The summed E-state index contributed by atoms with van der Waals surface area (Å²) in [4.78, 5) is 41.6. The quantitative estimate of drug-likeness (QED) is 0.140. The van der Waals surface area contributed by atoms with E-state index in [2.05, 4.69) is 97.1 Å². The third-order valence-corrected chi connectivity index (χ3v) is 11.2. The van der Waals surface area contributed by atoms with Crippen LogP contribution in [0.15, 0.2) is 146 Å². The van der Waals surface area contributed by atoms with Gasteiger partial charge in [0.15, 0.2) is 0 Å². The average Bonchev–Trinajstić information content (AvgIpc) is 3.95. The largest absolute Gasteiger partial charge is 2.00 e. The topological polar surface area (TPSA) is 106 Å². The Morgan fingerprint density at radius 2 is 0.474 bits per heavy atom. The Morgan fingerprint density at radius 1 is 0.263 bits per heavy atom. The van der Waals surface area contributed by atoms with E-state index in [0.717, 1.165) is 86.9 Å². The Morgan fingerprint density at radius 3 is 0.702 bits per heavy atom. The summed E-state index contributed by atoms with van der Waals surface area (Å²) in [5.74, 6) is 2.14. The summed E-state index contributed by atoms with van der Waals surface area (Å²) in [5, 5.41) is 12.2. The van der Waals surface area contributed by atoms with Gasteiger partial charge in [0.25, 0.3) is 0 Å². The minimum atomic E-state index is 0. The maximum Gasteiger partial charge on any atom is 2.00 e. The van der Waals surface area contributed by atoms with Gasteiger partial charge in [-0.2, -0.15) is 0 Å². The van der Waals surface area contributed by atoms with Gasteiger partial charge in [-0.15, -0.1) is 0 Å². The van der Waals surface area contributed by atoms with Crippen LogP contribution in [0.1, 0.15) is 0 Å². The summed E-state index contributed by atoms with van der Waals surface area (Å²) >= 11 is 0. The summed E-state index contributed by atoms with van der Waals surface area (Å²) in [6.45, 7) is 0. The van der Waals surface area contributed by atoms with Crippen molar-refractivity contribution in [1.29, 1.82) is 0 Å². The van der Waals surface area contributed by atoms with E-state index < -0.39 is 0 Å². The van der Waals surface area contributed by atoms with Crippen LogP contribution in [0.3, 0.4) is 0 Å². The molecule has 3 aromatic heterocycles. The van der Waals surface area contributed by atoms with Gasteiger partial charge in [0.1, 0.15) is 0 Å². The van der Waals surface area contributed by atoms with Crippen molar-refractivity contribution in [3.05, 3.63) is 146 Å². The van der Waals surface area contributed by atoms with Crippen molar-refractivity contribution in [3.8, 4) is 45.6 Å². The minimum Gasteiger partial charge on any atom is -0.357 e. The molecule has 8 nitrogen and oxygen atoms in total. The molecule has 0 atom stereocenters. The van der Waals surface area contributed by atoms with Crippen molar-refractivity contribution in [3.63, 3.8) is 0 Å². The van der Waals surface area contributed by atoms with Crippen LogP contribution in [0.4, 0.5) is 0 Å². The van der Waals surface area contributed by atoms with Crippen molar-refractivity contribution >= 4 is 87.2 Å². The summed E-state index contributed by atoms with van der Waals surface area (Å²) < 4.78 is 0. The molecule has 57 heavy (non-hydrogen) atoms. The van der Waals surface area contributed by atoms with Gasteiger partial charge in [0, 0.05) is 44.8 Å². The normalized spacial score (nSPS) is 12.1. The van der Waals surface area contributed by atoms with Crippen molar-refractivity contribution < 1.29 is 17.1 Å². The minimum absolute atomic E-state index is 0. The molecule has 8 bridgehead atoms. The molecular weight excluding hydrogens is 744 g/mol. The standard InChI is InChI=1S/C48H24N8.Fe/c1-2-10-26-18-34-33(17-25(26)9-1)41-49-42(34)54-44-37-21-29-13-5-6-14-30(29)22-38(37)46(51-44)56-48-40-24-32-16-8-7-15-31(32)23-39(40)47(52-48)55-45-36-20-28-12-4-3-11-27(28)19-35(36)43(50-45)53-41;/h1-24H;/q-2;+2. The van der Waals surface area contributed by atoms with Gasteiger partial charge in [0.05, 0.1) is 23.3 Å². The molecule has 0 radical (unpaired) electrons. The molecule has 0 fully saturated rings. The van der Waals surface area contributed by atoms with Gasteiger partial charge in [0.2, 0.25) is 0 Å². The number of hydrogen-bond donors (Lipinski definition) is 0. The van der Waals surface area contributed by atoms with E-state index in [1.54, 1.807) is 0 Å². The smallest absolute Gasteiger partial charge is 0.357 e. The monoisotopic (exact) mass is 768 g/mol. The van der Waals surface area contributed by atoms with Crippen LogP contribution in [0.25, 0.3) is 133 Å². The first kappa shape index (κ1) is 32.0. The molecule has 5 heterocycles. The summed E-state index contributed by atoms with van der Waals surface area (Å²) in [6.07, 6.45) is 0. The fourth-order valence-corrected chi connectivity index (χ4v) is 8.41. The van der Waals surface area contributed by atoms with E-state index in [4.69, 9.17) is 39.9 Å². The van der Waals surface area contributed by atoms with Gasteiger partial charge in [-0.05, 0) is 113 Å². The average molecular weight is 769 g/mol. The van der Waals surface area contributed by atoms with Gasteiger partial charge >= 0.3 is 17.1 Å². The SMILES string of the molecule is [Fe+2].c1ccc2cc3c(cc2c1)-c1nc-3nc2[n-]c(nc3nc(nc4[n-]c(n1)c1cc5ccccc5cc41)-c1cc4ccccc4cc1-3)c1cc3ccccc3cc21. The van der Waals surface area contributed by atoms with Crippen LogP contribution in [-0.4, -0.2) is 29.9 Å². The Hall–Kier alpha value is -7.32. The van der Waals surface area contributed by atoms with Crippen LogP contribution in [0, 0.1) is 0 Å². The molecule has 264 valence electrons. The van der Waals surface area contributed by atoms with Crippen LogP contribution in [0.2, 0.25) is 0 Å². The fourth-order valence-electron chi connectivity index (χ4n) is 8.41. The summed E-state index contributed by atoms with van der Waals surface area (Å²) in [6, 6.07) is 50.4. The number of rotatable bonds is 0. The molecule has 2 aliphatic heterocycles. The predicted molar refractivity (Wildman–Crippen MR) is 224 cm³/mol. The molecule has 2 aliphatic rings.